The summed E-state index contributed by atoms with van der Waals surface area (Å²) in [5.41, 5.74) is 2.13. The summed E-state index contributed by atoms with van der Waals surface area (Å²) >= 11 is 0. The summed E-state index contributed by atoms with van der Waals surface area (Å²) in [6.45, 7) is 2.87. The summed E-state index contributed by atoms with van der Waals surface area (Å²) in [5, 5.41) is 3.37. The Balaban J connectivity index is 1.90. The summed E-state index contributed by atoms with van der Waals surface area (Å²) in [6, 6.07) is 6.18. The Morgan fingerprint density at radius 2 is 2.40 bits per heavy atom. The Bertz CT molecular complexity index is 382. The highest BCUT2D eigenvalue weighted by atomic mass is 15.0. The molecular weight excluding hydrogens is 188 g/mol. The number of aromatic amines is 1. The van der Waals surface area contributed by atoms with Gasteiger partial charge in [0, 0.05) is 30.7 Å². The minimum absolute atomic E-state index is 0.245. The fourth-order valence-corrected chi connectivity index (χ4v) is 1.38. The van der Waals surface area contributed by atoms with Crippen LogP contribution in [0.25, 0.3) is 0 Å². The molecule has 0 aliphatic carbocycles. The van der Waals surface area contributed by atoms with Crippen LogP contribution in [-0.2, 0) is 6.54 Å². The number of H-pyrrole nitrogens is 1. The normalized spacial score (nSPS) is 12.6. The summed E-state index contributed by atoms with van der Waals surface area (Å²) < 4.78 is 0. The predicted octanol–water partition coefficient (Wildman–Crippen LogP) is 1.66. The van der Waals surface area contributed by atoms with Crippen LogP contribution in [0.4, 0.5) is 0 Å². The van der Waals surface area contributed by atoms with E-state index in [0.717, 1.165) is 17.9 Å². The van der Waals surface area contributed by atoms with Gasteiger partial charge in [-0.3, -0.25) is 4.98 Å². The SMILES string of the molecule is C[C@H](NCc1cnc[nH]1)c1ccccn1. The number of imidazole rings is 1. The lowest BCUT2D eigenvalue weighted by Crippen LogP contribution is -2.19. The molecule has 0 bridgehead atoms. The first kappa shape index (κ1) is 9.86. The molecule has 0 aliphatic rings. The Kier molecular flexibility index (Phi) is 3.09. The molecule has 0 spiro atoms. The molecule has 0 aromatic carbocycles. The highest BCUT2D eigenvalue weighted by Gasteiger charge is 2.05. The van der Waals surface area contributed by atoms with Crippen LogP contribution in [0.1, 0.15) is 24.4 Å². The third-order valence-corrected chi connectivity index (χ3v) is 2.28. The quantitative estimate of drug-likeness (QED) is 0.792. The molecule has 0 unspecified atom stereocenters. The minimum atomic E-state index is 0.245. The number of nitrogens with zero attached hydrogens (tertiary/aromatic N) is 2. The molecule has 0 saturated heterocycles. The summed E-state index contributed by atoms with van der Waals surface area (Å²) in [7, 11) is 0. The zero-order chi connectivity index (χ0) is 10.5. The van der Waals surface area contributed by atoms with E-state index in [1.54, 1.807) is 6.33 Å². The zero-order valence-electron chi connectivity index (χ0n) is 8.64. The highest BCUT2D eigenvalue weighted by Crippen LogP contribution is 2.08. The maximum absolute atomic E-state index is 4.29. The van der Waals surface area contributed by atoms with Gasteiger partial charge in [-0.25, -0.2) is 4.98 Å². The molecule has 2 aromatic rings. The van der Waals surface area contributed by atoms with E-state index in [-0.39, 0.29) is 6.04 Å². The highest BCUT2D eigenvalue weighted by molar-refractivity contribution is 5.08. The van der Waals surface area contributed by atoms with Crippen molar-refractivity contribution in [2.45, 2.75) is 19.5 Å². The third kappa shape index (κ3) is 2.63. The van der Waals surface area contributed by atoms with Crippen LogP contribution in [0, 0.1) is 0 Å². The van der Waals surface area contributed by atoms with Crippen molar-refractivity contribution in [2.24, 2.45) is 0 Å². The van der Waals surface area contributed by atoms with Crippen LogP contribution in [0.5, 0.6) is 0 Å². The van der Waals surface area contributed by atoms with Crippen LogP contribution in [0.2, 0.25) is 0 Å². The maximum atomic E-state index is 4.29. The number of hydrogen-bond acceptors (Lipinski definition) is 3. The molecule has 2 aromatic heterocycles. The lowest BCUT2D eigenvalue weighted by molar-refractivity contribution is 0.556. The Labute approximate surface area is 88.8 Å². The van der Waals surface area contributed by atoms with Crippen molar-refractivity contribution in [1.82, 2.24) is 20.3 Å². The van der Waals surface area contributed by atoms with Crippen molar-refractivity contribution in [2.75, 3.05) is 0 Å². The second kappa shape index (κ2) is 4.70. The number of nitrogens with one attached hydrogen (secondary N) is 2. The van der Waals surface area contributed by atoms with Gasteiger partial charge in [0.25, 0.3) is 0 Å². The van der Waals surface area contributed by atoms with Gasteiger partial charge < -0.3 is 10.3 Å². The van der Waals surface area contributed by atoms with E-state index in [1.165, 1.54) is 0 Å². The lowest BCUT2D eigenvalue weighted by atomic mass is 10.2. The summed E-state index contributed by atoms with van der Waals surface area (Å²) in [4.78, 5) is 11.3. The fourth-order valence-electron chi connectivity index (χ4n) is 1.38. The van der Waals surface area contributed by atoms with E-state index >= 15 is 0 Å². The first-order valence-electron chi connectivity index (χ1n) is 4.98. The lowest BCUT2D eigenvalue weighted by Gasteiger charge is -2.11. The Hall–Kier alpha value is -1.68. The van der Waals surface area contributed by atoms with Crippen molar-refractivity contribution >= 4 is 0 Å². The molecule has 0 amide bonds. The van der Waals surface area contributed by atoms with Gasteiger partial charge in [-0.1, -0.05) is 6.07 Å². The van der Waals surface area contributed by atoms with Gasteiger partial charge in [0.1, 0.15) is 0 Å². The van der Waals surface area contributed by atoms with Crippen LogP contribution in [-0.4, -0.2) is 15.0 Å². The largest absolute Gasteiger partial charge is 0.347 e. The second-order valence-electron chi connectivity index (χ2n) is 3.43. The van der Waals surface area contributed by atoms with Crippen molar-refractivity contribution < 1.29 is 0 Å². The van der Waals surface area contributed by atoms with E-state index < -0.39 is 0 Å². The number of pyridine rings is 1. The van der Waals surface area contributed by atoms with Crippen LogP contribution < -0.4 is 5.32 Å². The Morgan fingerprint density at radius 1 is 1.47 bits per heavy atom. The minimum Gasteiger partial charge on any atom is -0.347 e. The van der Waals surface area contributed by atoms with Gasteiger partial charge in [-0.05, 0) is 19.1 Å². The number of rotatable bonds is 4. The van der Waals surface area contributed by atoms with Gasteiger partial charge in [0.15, 0.2) is 0 Å². The molecule has 15 heavy (non-hydrogen) atoms. The molecule has 0 fully saturated rings. The van der Waals surface area contributed by atoms with E-state index in [4.69, 9.17) is 0 Å². The molecule has 2 rings (SSSR count). The second-order valence-corrected chi connectivity index (χ2v) is 3.43. The van der Waals surface area contributed by atoms with Crippen LogP contribution in [0.3, 0.4) is 0 Å². The van der Waals surface area contributed by atoms with Gasteiger partial charge in [0.05, 0.1) is 12.0 Å². The molecule has 0 aliphatic heterocycles. The molecule has 2 N–H and O–H groups in total. The molecular formula is C11H14N4. The van der Waals surface area contributed by atoms with Crippen LogP contribution >= 0.6 is 0 Å². The molecule has 0 saturated carbocycles. The number of aromatic nitrogens is 3. The summed E-state index contributed by atoms with van der Waals surface area (Å²) in [6.07, 6.45) is 5.31. The van der Waals surface area contributed by atoms with Gasteiger partial charge in [0.2, 0.25) is 0 Å². The average Bonchev–Trinajstić information content (AvgIpc) is 2.80. The third-order valence-electron chi connectivity index (χ3n) is 2.28. The predicted molar refractivity (Wildman–Crippen MR) is 58.1 cm³/mol. The smallest absolute Gasteiger partial charge is 0.0922 e. The topological polar surface area (TPSA) is 53.6 Å². The Morgan fingerprint density at radius 3 is 3.07 bits per heavy atom. The molecule has 0 radical (unpaired) electrons. The standard InChI is InChI=1S/C11H14N4/c1-9(11-4-2-3-5-13-11)14-7-10-6-12-8-15-10/h2-6,8-9,14H,7H2,1H3,(H,12,15)/t9-/m0/s1. The zero-order valence-corrected chi connectivity index (χ0v) is 8.64. The van der Waals surface area contributed by atoms with Crippen molar-refractivity contribution in [3.05, 3.63) is 48.3 Å². The first-order chi connectivity index (χ1) is 7.36. The van der Waals surface area contributed by atoms with E-state index in [1.807, 2.05) is 30.6 Å². The molecule has 2 heterocycles. The van der Waals surface area contributed by atoms with Crippen molar-refractivity contribution in [1.29, 1.82) is 0 Å². The van der Waals surface area contributed by atoms with E-state index in [0.29, 0.717) is 0 Å². The first-order valence-corrected chi connectivity index (χ1v) is 4.98. The van der Waals surface area contributed by atoms with Gasteiger partial charge >= 0.3 is 0 Å². The van der Waals surface area contributed by atoms with Gasteiger partial charge in [-0.2, -0.15) is 0 Å². The molecule has 1 atom stereocenters. The van der Waals surface area contributed by atoms with Crippen molar-refractivity contribution in [3.8, 4) is 0 Å². The maximum Gasteiger partial charge on any atom is 0.0922 e. The van der Waals surface area contributed by atoms with Gasteiger partial charge in [-0.15, -0.1) is 0 Å². The van der Waals surface area contributed by atoms with Crippen molar-refractivity contribution in [3.63, 3.8) is 0 Å². The molecule has 4 heteroatoms. The summed E-state index contributed by atoms with van der Waals surface area (Å²) in [5.74, 6) is 0. The number of hydrogen-bond donors (Lipinski definition) is 2. The van der Waals surface area contributed by atoms with E-state index in [9.17, 15) is 0 Å². The monoisotopic (exact) mass is 202 g/mol. The van der Waals surface area contributed by atoms with E-state index in [2.05, 4.69) is 27.2 Å². The molecule has 78 valence electrons. The molecule has 4 nitrogen and oxygen atoms in total. The fraction of sp³-hybridized carbons (Fsp3) is 0.273. The average molecular weight is 202 g/mol. The van der Waals surface area contributed by atoms with Crippen LogP contribution in [0.15, 0.2) is 36.9 Å².